The molecule has 0 unspecified atom stereocenters. The number of nitrogens with zero attached hydrogens (tertiary/aromatic N) is 2. The Hall–Kier alpha value is -1.60. The second-order valence-corrected chi connectivity index (χ2v) is 10.5. The largest absolute Gasteiger partial charge is 0.372 e. The second kappa shape index (κ2) is 8.19. The fraction of sp³-hybridized carbons (Fsp3) is 0.650. The molecule has 2 aliphatic heterocycles. The van der Waals surface area contributed by atoms with Gasteiger partial charge in [-0.05, 0) is 57.4 Å². The maximum Gasteiger partial charge on any atom is 0.234 e. The van der Waals surface area contributed by atoms with Crippen LogP contribution in [0.1, 0.15) is 38.2 Å². The van der Waals surface area contributed by atoms with E-state index in [9.17, 15) is 13.2 Å². The molecule has 3 rings (SSSR count). The van der Waals surface area contributed by atoms with Crippen molar-refractivity contribution in [2.45, 2.75) is 44.7 Å². The monoisotopic (exact) mass is 393 g/mol. The highest BCUT2D eigenvalue weighted by atomic mass is 32.2. The maximum atomic E-state index is 12.3. The van der Waals surface area contributed by atoms with Gasteiger partial charge in [0.05, 0.1) is 23.6 Å². The number of carbonyl (C=O) groups excluding carboxylic acids is 1. The Labute approximate surface area is 162 Å². The molecule has 2 heterocycles. The lowest BCUT2D eigenvalue weighted by molar-refractivity contribution is -0.123. The van der Waals surface area contributed by atoms with Crippen LogP contribution in [0.3, 0.4) is 0 Å². The van der Waals surface area contributed by atoms with Gasteiger partial charge in [-0.3, -0.25) is 9.69 Å². The van der Waals surface area contributed by atoms with E-state index in [0.29, 0.717) is 13.0 Å². The number of hydrogen-bond acceptors (Lipinski definition) is 5. The predicted molar refractivity (Wildman–Crippen MR) is 109 cm³/mol. The Morgan fingerprint density at radius 2 is 1.85 bits per heavy atom. The van der Waals surface area contributed by atoms with E-state index in [1.54, 1.807) is 0 Å². The molecule has 1 N–H and O–H groups in total. The molecule has 2 fully saturated rings. The van der Waals surface area contributed by atoms with E-state index in [1.807, 2.05) is 18.9 Å². The van der Waals surface area contributed by atoms with Crippen LogP contribution < -0.4 is 10.2 Å². The highest BCUT2D eigenvalue weighted by Gasteiger charge is 2.39. The summed E-state index contributed by atoms with van der Waals surface area (Å²) in [6, 6.07) is 8.59. The molecule has 1 amide bonds. The quantitative estimate of drug-likeness (QED) is 0.798. The van der Waals surface area contributed by atoms with E-state index in [4.69, 9.17) is 0 Å². The molecule has 1 aromatic carbocycles. The van der Waals surface area contributed by atoms with Gasteiger partial charge in [0.25, 0.3) is 0 Å². The smallest absolute Gasteiger partial charge is 0.234 e. The maximum absolute atomic E-state index is 12.3. The van der Waals surface area contributed by atoms with Crippen molar-refractivity contribution in [3.63, 3.8) is 0 Å². The highest BCUT2D eigenvalue weighted by molar-refractivity contribution is 7.91. The standard InChI is InChI=1S/C20H31N3O3S/c1-20(10-13-27(25,26)16-20)21-19(24)15-22(2)14-17-6-8-18(9-7-17)23-11-4-3-5-12-23/h6-9H,3-5,10-16H2,1-2H3,(H,21,24)/t20-/m0/s1. The first-order valence-electron chi connectivity index (χ1n) is 9.79. The summed E-state index contributed by atoms with van der Waals surface area (Å²) in [7, 11) is -1.11. The molecule has 0 spiro atoms. The van der Waals surface area contributed by atoms with Crippen molar-refractivity contribution in [1.82, 2.24) is 10.2 Å². The minimum atomic E-state index is -3.02. The third-order valence-corrected chi connectivity index (χ3v) is 7.37. The highest BCUT2D eigenvalue weighted by Crippen LogP contribution is 2.23. The molecule has 0 saturated carbocycles. The Morgan fingerprint density at radius 3 is 2.44 bits per heavy atom. The van der Waals surface area contributed by atoms with Crippen molar-refractivity contribution >= 4 is 21.4 Å². The van der Waals surface area contributed by atoms with Gasteiger partial charge in [-0.25, -0.2) is 8.42 Å². The van der Waals surface area contributed by atoms with E-state index in [0.717, 1.165) is 13.1 Å². The molecule has 0 radical (unpaired) electrons. The molecular formula is C20H31N3O3S. The van der Waals surface area contributed by atoms with Gasteiger partial charge in [0.1, 0.15) is 0 Å². The molecule has 0 bridgehead atoms. The van der Waals surface area contributed by atoms with Gasteiger partial charge in [0.2, 0.25) is 5.91 Å². The SMILES string of the molecule is CN(CC(=O)N[C@@]1(C)CCS(=O)(=O)C1)Cc1ccc(N2CCCCC2)cc1. The first-order valence-corrected chi connectivity index (χ1v) is 11.6. The van der Waals surface area contributed by atoms with Crippen LogP contribution >= 0.6 is 0 Å². The zero-order chi connectivity index (χ0) is 19.5. The summed E-state index contributed by atoms with van der Waals surface area (Å²) in [6.07, 6.45) is 4.34. The van der Waals surface area contributed by atoms with Gasteiger partial charge in [0.15, 0.2) is 9.84 Å². The van der Waals surface area contributed by atoms with E-state index in [2.05, 4.69) is 34.5 Å². The lowest BCUT2D eigenvalue weighted by Gasteiger charge is -2.29. The first-order chi connectivity index (χ1) is 12.7. The molecule has 27 heavy (non-hydrogen) atoms. The Kier molecular flexibility index (Phi) is 6.11. The number of carbonyl (C=O) groups is 1. The minimum Gasteiger partial charge on any atom is -0.372 e. The molecule has 1 atom stereocenters. The number of hydrogen-bond donors (Lipinski definition) is 1. The summed E-state index contributed by atoms with van der Waals surface area (Å²) < 4.78 is 23.3. The summed E-state index contributed by atoms with van der Waals surface area (Å²) in [5.74, 6) is 0.0678. The Morgan fingerprint density at radius 1 is 1.19 bits per heavy atom. The fourth-order valence-corrected chi connectivity index (χ4v) is 6.16. The van der Waals surface area contributed by atoms with Gasteiger partial charge in [-0.15, -0.1) is 0 Å². The first kappa shape index (κ1) is 20.1. The van der Waals surface area contributed by atoms with Gasteiger partial charge < -0.3 is 10.2 Å². The predicted octanol–water partition coefficient (Wildman–Crippen LogP) is 1.80. The molecule has 2 aliphatic rings. The zero-order valence-electron chi connectivity index (χ0n) is 16.4. The number of nitrogens with one attached hydrogen (secondary N) is 1. The van der Waals surface area contributed by atoms with Crippen LogP contribution in [0.4, 0.5) is 5.69 Å². The number of benzene rings is 1. The molecule has 1 aromatic rings. The summed E-state index contributed by atoms with van der Waals surface area (Å²) in [5, 5.41) is 2.91. The molecule has 0 aromatic heterocycles. The van der Waals surface area contributed by atoms with Crippen molar-refractivity contribution in [1.29, 1.82) is 0 Å². The number of piperidine rings is 1. The van der Waals surface area contributed by atoms with E-state index < -0.39 is 15.4 Å². The van der Waals surface area contributed by atoms with Crippen LogP contribution in [0.2, 0.25) is 0 Å². The van der Waals surface area contributed by atoms with Crippen LogP contribution in [0.15, 0.2) is 24.3 Å². The third kappa shape index (κ3) is 5.69. The van der Waals surface area contributed by atoms with E-state index >= 15 is 0 Å². The van der Waals surface area contributed by atoms with Gasteiger partial charge in [-0.2, -0.15) is 0 Å². The van der Waals surface area contributed by atoms with Crippen molar-refractivity contribution in [3.05, 3.63) is 29.8 Å². The van der Waals surface area contributed by atoms with Crippen LogP contribution in [-0.2, 0) is 21.2 Å². The minimum absolute atomic E-state index is 0.0351. The molecule has 6 nitrogen and oxygen atoms in total. The summed E-state index contributed by atoms with van der Waals surface area (Å²) >= 11 is 0. The lowest BCUT2D eigenvalue weighted by atomic mass is 10.0. The topological polar surface area (TPSA) is 69.7 Å². The number of sulfone groups is 1. The molecule has 150 valence electrons. The van der Waals surface area contributed by atoms with Gasteiger partial charge in [-0.1, -0.05) is 12.1 Å². The lowest BCUT2D eigenvalue weighted by Crippen LogP contribution is -2.49. The van der Waals surface area contributed by atoms with E-state index in [1.165, 1.54) is 30.5 Å². The normalized spacial score (nSPS) is 24.9. The molecule has 0 aliphatic carbocycles. The average Bonchev–Trinajstić information content (AvgIpc) is 2.88. The van der Waals surface area contributed by atoms with Crippen molar-refractivity contribution < 1.29 is 13.2 Å². The van der Waals surface area contributed by atoms with Crippen LogP contribution in [0, 0.1) is 0 Å². The van der Waals surface area contributed by atoms with Crippen molar-refractivity contribution in [2.75, 3.05) is 43.1 Å². The van der Waals surface area contributed by atoms with Gasteiger partial charge >= 0.3 is 0 Å². The number of rotatable bonds is 6. The third-order valence-electron chi connectivity index (χ3n) is 5.47. The average molecular weight is 394 g/mol. The van der Waals surface area contributed by atoms with Crippen molar-refractivity contribution in [2.24, 2.45) is 0 Å². The van der Waals surface area contributed by atoms with E-state index in [-0.39, 0.29) is 24.0 Å². The summed E-state index contributed by atoms with van der Waals surface area (Å²) in [4.78, 5) is 16.7. The van der Waals surface area contributed by atoms with Crippen LogP contribution in [-0.4, -0.2) is 63.0 Å². The fourth-order valence-electron chi connectivity index (χ4n) is 4.06. The number of amides is 1. The van der Waals surface area contributed by atoms with Crippen LogP contribution in [0.25, 0.3) is 0 Å². The zero-order valence-corrected chi connectivity index (χ0v) is 17.2. The number of anilines is 1. The molecule has 7 heteroatoms. The Balaban J connectivity index is 1.48. The molecule has 2 saturated heterocycles. The summed E-state index contributed by atoms with van der Waals surface area (Å²) in [6.45, 7) is 5.02. The molecular weight excluding hydrogens is 362 g/mol. The number of likely N-dealkylation sites (N-methyl/N-ethyl adjacent to an activating group) is 1. The van der Waals surface area contributed by atoms with Crippen LogP contribution in [0.5, 0.6) is 0 Å². The Bertz CT molecular complexity index is 757. The second-order valence-electron chi connectivity index (χ2n) is 8.34. The van der Waals surface area contributed by atoms with Gasteiger partial charge in [0, 0.05) is 25.3 Å². The summed E-state index contributed by atoms with van der Waals surface area (Å²) in [5.41, 5.74) is 1.81. The van der Waals surface area contributed by atoms with Crippen molar-refractivity contribution in [3.8, 4) is 0 Å².